The predicted octanol–water partition coefficient (Wildman–Crippen LogP) is 4.23. The highest BCUT2D eigenvalue weighted by molar-refractivity contribution is 7.92. The van der Waals surface area contributed by atoms with Crippen molar-refractivity contribution >= 4 is 39.1 Å². The number of carbonyl (C=O) groups excluding carboxylic acids is 2. The largest absolute Gasteiger partial charge is 0.497 e. The second kappa shape index (κ2) is 12.5. The van der Waals surface area contributed by atoms with Crippen LogP contribution in [0.15, 0.2) is 48.5 Å². The van der Waals surface area contributed by atoms with E-state index in [1.807, 2.05) is 32.9 Å². The highest BCUT2D eigenvalue weighted by Crippen LogP contribution is 2.22. The van der Waals surface area contributed by atoms with E-state index in [1.165, 1.54) is 16.3 Å². The van der Waals surface area contributed by atoms with Crippen molar-refractivity contribution in [2.75, 3.05) is 24.2 Å². The molecule has 0 aliphatic carbocycles. The molecule has 0 aliphatic heterocycles. The first-order valence-corrected chi connectivity index (χ1v) is 13.9. The van der Waals surface area contributed by atoms with Crippen molar-refractivity contribution in [3.05, 3.63) is 59.1 Å². The summed E-state index contributed by atoms with van der Waals surface area (Å²) >= 11 is 5.99. The Morgan fingerprint density at radius 2 is 1.64 bits per heavy atom. The van der Waals surface area contributed by atoms with E-state index in [-0.39, 0.29) is 37.7 Å². The summed E-state index contributed by atoms with van der Waals surface area (Å²) < 4.78 is 31.3. The molecule has 2 aromatic carbocycles. The van der Waals surface area contributed by atoms with Crippen LogP contribution in [0.5, 0.6) is 5.75 Å². The Bertz CT molecular complexity index is 1130. The van der Waals surface area contributed by atoms with Gasteiger partial charge in [-0.3, -0.25) is 13.9 Å². The first-order valence-electron chi connectivity index (χ1n) is 11.7. The second-order valence-electron chi connectivity index (χ2n) is 9.70. The first kappa shape index (κ1) is 29.5. The highest BCUT2D eigenvalue weighted by Gasteiger charge is 2.28. The SMILES string of the molecule is COc1ccc(N(CCCC(=O)N(Cc2ccc(Cl)cc2)C(C)C(=O)NC(C)(C)C)S(C)(=O)=O)cc1. The van der Waals surface area contributed by atoms with Crippen LogP contribution in [0.1, 0.15) is 46.1 Å². The third kappa shape index (κ3) is 9.02. The van der Waals surface area contributed by atoms with Gasteiger partial charge in [-0.1, -0.05) is 23.7 Å². The van der Waals surface area contributed by atoms with Crippen molar-refractivity contribution in [1.29, 1.82) is 0 Å². The summed E-state index contributed by atoms with van der Waals surface area (Å²) in [5.74, 6) is 0.105. The van der Waals surface area contributed by atoms with Gasteiger partial charge in [-0.15, -0.1) is 0 Å². The topological polar surface area (TPSA) is 96.0 Å². The molecule has 10 heteroatoms. The molecule has 0 fully saturated rings. The van der Waals surface area contributed by atoms with E-state index in [9.17, 15) is 18.0 Å². The van der Waals surface area contributed by atoms with Gasteiger partial charge in [0, 0.05) is 30.1 Å². The lowest BCUT2D eigenvalue weighted by Gasteiger charge is -2.32. The van der Waals surface area contributed by atoms with Crippen LogP contribution in [0.4, 0.5) is 5.69 Å². The van der Waals surface area contributed by atoms with Gasteiger partial charge in [-0.05, 0) is 76.1 Å². The molecule has 2 rings (SSSR count). The molecule has 2 aromatic rings. The molecule has 0 bridgehead atoms. The van der Waals surface area contributed by atoms with Crippen molar-refractivity contribution in [3.63, 3.8) is 0 Å². The number of hydrogen-bond acceptors (Lipinski definition) is 5. The number of rotatable bonds is 11. The number of amides is 2. The minimum Gasteiger partial charge on any atom is -0.497 e. The minimum atomic E-state index is -3.57. The minimum absolute atomic E-state index is 0.0723. The van der Waals surface area contributed by atoms with Crippen molar-refractivity contribution in [2.24, 2.45) is 0 Å². The van der Waals surface area contributed by atoms with Crippen LogP contribution in [0.2, 0.25) is 5.02 Å². The van der Waals surface area contributed by atoms with E-state index in [0.717, 1.165) is 11.8 Å². The van der Waals surface area contributed by atoms with E-state index < -0.39 is 21.6 Å². The molecule has 1 unspecified atom stereocenters. The molecule has 8 nitrogen and oxygen atoms in total. The van der Waals surface area contributed by atoms with Gasteiger partial charge in [-0.25, -0.2) is 8.42 Å². The summed E-state index contributed by atoms with van der Waals surface area (Å²) in [4.78, 5) is 27.7. The van der Waals surface area contributed by atoms with E-state index in [0.29, 0.717) is 16.5 Å². The molecule has 198 valence electrons. The van der Waals surface area contributed by atoms with Crippen molar-refractivity contribution < 1.29 is 22.7 Å². The number of halogens is 1. The van der Waals surface area contributed by atoms with Crippen LogP contribution < -0.4 is 14.4 Å². The number of ether oxygens (including phenoxy) is 1. The molecule has 36 heavy (non-hydrogen) atoms. The van der Waals surface area contributed by atoms with Gasteiger partial charge in [-0.2, -0.15) is 0 Å². The molecule has 1 N–H and O–H groups in total. The average Bonchev–Trinajstić information content (AvgIpc) is 2.79. The molecule has 0 saturated heterocycles. The molecule has 2 amide bonds. The van der Waals surface area contributed by atoms with Gasteiger partial charge in [0.2, 0.25) is 21.8 Å². The average molecular weight is 538 g/mol. The number of sulfonamides is 1. The third-order valence-electron chi connectivity index (χ3n) is 5.44. The number of benzene rings is 2. The maximum absolute atomic E-state index is 13.3. The third-order valence-corrected chi connectivity index (χ3v) is 6.89. The van der Waals surface area contributed by atoms with Gasteiger partial charge in [0.25, 0.3) is 0 Å². The van der Waals surface area contributed by atoms with Gasteiger partial charge in [0.15, 0.2) is 0 Å². The summed E-state index contributed by atoms with van der Waals surface area (Å²) in [6, 6.07) is 13.1. The Labute approximate surface area is 219 Å². The van der Waals surface area contributed by atoms with Gasteiger partial charge in [0.1, 0.15) is 11.8 Å². The fourth-order valence-corrected chi connectivity index (χ4v) is 4.69. The Morgan fingerprint density at radius 3 is 2.14 bits per heavy atom. The lowest BCUT2D eigenvalue weighted by molar-refractivity contribution is -0.141. The Morgan fingerprint density at radius 1 is 1.06 bits per heavy atom. The zero-order chi connectivity index (χ0) is 27.1. The Balaban J connectivity index is 2.17. The van der Waals surface area contributed by atoms with Crippen LogP contribution >= 0.6 is 11.6 Å². The number of nitrogens with zero attached hydrogens (tertiary/aromatic N) is 2. The summed E-state index contributed by atoms with van der Waals surface area (Å²) in [6.07, 6.45) is 1.48. The van der Waals surface area contributed by atoms with Crippen LogP contribution in [0.25, 0.3) is 0 Å². The number of carbonyl (C=O) groups is 2. The van der Waals surface area contributed by atoms with Gasteiger partial charge < -0.3 is 15.0 Å². The predicted molar refractivity (Wildman–Crippen MR) is 144 cm³/mol. The van der Waals surface area contributed by atoms with E-state index in [4.69, 9.17) is 16.3 Å². The molecule has 0 aliphatic rings. The van der Waals surface area contributed by atoms with Crippen LogP contribution in [-0.4, -0.2) is 56.6 Å². The molecule has 0 aromatic heterocycles. The summed E-state index contributed by atoms with van der Waals surface area (Å²) in [7, 11) is -2.03. The van der Waals surface area contributed by atoms with Crippen LogP contribution in [0, 0.1) is 0 Å². The van der Waals surface area contributed by atoms with Crippen LogP contribution in [-0.2, 0) is 26.2 Å². The normalized spacial score (nSPS) is 12.5. The Kier molecular flexibility index (Phi) is 10.2. The maximum atomic E-state index is 13.3. The molecule has 1 atom stereocenters. The van der Waals surface area contributed by atoms with Gasteiger partial charge in [0.05, 0.1) is 19.1 Å². The van der Waals surface area contributed by atoms with E-state index in [1.54, 1.807) is 43.3 Å². The molecule has 0 heterocycles. The van der Waals surface area contributed by atoms with E-state index >= 15 is 0 Å². The smallest absolute Gasteiger partial charge is 0.242 e. The van der Waals surface area contributed by atoms with Gasteiger partial charge >= 0.3 is 0 Å². The zero-order valence-corrected chi connectivity index (χ0v) is 23.3. The highest BCUT2D eigenvalue weighted by atomic mass is 35.5. The van der Waals surface area contributed by atoms with Crippen molar-refractivity contribution in [3.8, 4) is 5.75 Å². The standard InChI is InChI=1S/C26H36ClN3O5S/c1-19(25(32)28-26(2,3)4)29(18-20-9-11-21(27)12-10-20)24(31)8-7-17-30(36(6,33)34)22-13-15-23(35-5)16-14-22/h9-16,19H,7-8,17-18H2,1-6H3,(H,28,32). The number of hydrogen-bond donors (Lipinski definition) is 1. The summed E-state index contributed by atoms with van der Waals surface area (Å²) in [5.41, 5.74) is 0.871. The first-order chi connectivity index (χ1) is 16.7. The lowest BCUT2D eigenvalue weighted by Crippen LogP contribution is -2.52. The fourth-order valence-electron chi connectivity index (χ4n) is 3.60. The molecule has 0 saturated carbocycles. The van der Waals surface area contributed by atoms with E-state index in [2.05, 4.69) is 5.32 Å². The molecule has 0 spiro atoms. The lowest BCUT2D eigenvalue weighted by atomic mass is 10.1. The van der Waals surface area contributed by atoms with Crippen molar-refractivity contribution in [1.82, 2.24) is 10.2 Å². The second-order valence-corrected chi connectivity index (χ2v) is 12.0. The number of nitrogens with one attached hydrogen (secondary N) is 1. The monoisotopic (exact) mass is 537 g/mol. The number of methoxy groups -OCH3 is 1. The summed E-state index contributed by atoms with van der Waals surface area (Å²) in [5, 5.41) is 3.50. The number of anilines is 1. The Hall–Kier alpha value is -2.78. The van der Waals surface area contributed by atoms with Crippen LogP contribution in [0.3, 0.4) is 0 Å². The molecular formula is C26H36ClN3O5S. The maximum Gasteiger partial charge on any atom is 0.242 e. The zero-order valence-electron chi connectivity index (χ0n) is 21.7. The summed E-state index contributed by atoms with van der Waals surface area (Å²) in [6.45, 7) is 7.66. The van der Waals surface area contributed by atoms with Crippen molar-refractivity contribution in [2.45, 2.75) is 58.7 Å². The fraction of sp³-hybridized carbons (Fsp3) is 0.462. The quantitative estimate of drug-likeness (QED) is 0.463. The molecule has 0 radical (unpaired) electrons. The molecular weight excluding hydrogens is 502 g/mol.